The molecule has 0 saturated heterocycles. The maximum Gasteiger partial charge on any atom is 0.307 e. The van der Waals surface area contributed by atoms with E-state index in [1.807, 2.05) is 0 Å². The van der Waals surface area contributed by atoms with E-state index in [0.29, 0.717) is 5.92 Å². The third-order valence-corrected chi connectivity index (χ3v) is 4.68. The van der Waals surface area contributed by atoms with Crippen LogP contribution in [0.5, 0.6) is 0 Å². The quantitative estimate of drug-likeness (QED) is 0.700. The van der Waals surface area contributed by atoms with Crippen molar-refractivity contribution in [2.75, 3.05) is 0 Å². The van der Waals surface area contributed by atoms with Crippen LogP contribution >= 0.6 is 0 Å². The first-order chi connectivity index (χ1) is 6.37. The molecule has 0 aromatic heterocycles. The van der Waals surface area contributed by atoms with Gasteiger partial charge in [-0.15, -0.1) is 0 Å². The molecule has 2 heteroatoms. The Hall–Kier alpha value is -0.530. The summed E-state index contributed by atoms with van der Waals surface area (Å²) in [5.74, 6) is -0.244. The molecule has 14 heavy (non-hydrogen) atoms. The molecule has 3 fully saturated rings. The summed E-state index contributed by atoms with van der Waals surface area (Å²) in [5.41, 5.74) is 0.337. The number of hydrogen-bond acceptors (Lipinski definition) is 1. The molecule has 0 spiro atoms. The number of fused-ring (bicyclic) bond motifs is 3. The molecule has 3 aliphatic carbocycles. The fourth-order valence-electron chi connectivity index (χ4n) is 3.66. The van der Waals surface area contributed by atoms with Gasteiger partial charge >= 0.3 is 5.97 Å². The van der Waals surface area contributed by atoms with E-state index in [2.05, 4.69) is 20.8 Å². The van der Waals surface area contributed by atoms with Gasteiger partial charge in [-0.2, -0.15) is 0 Å². The van der Waals surface area contributed by atoms with Crippen molar-refractivity contribution >= 4 is 5.97 Å². The Balaban J connectivity index is 2.29. The molecule has 2 bridgehead atoms. The largest absolute Gasteiger partial charge is 0.481 e. The zero-order chi connectivity index (χ0) is 10.6. The second kappa shape index (κ2) is 2.74. The normalized spacial score (nSPS) is 45.1. The van der Waals surface area contributed by atoms with Crippen molar-refractivity contribution in [1.82, 2.24) is 0 Å². The second-order valence-corrected chi connectivity index (χ2v) is 6.12. The molecular weight excluding hydrogens is 176 g/mol. The molecule has 3 aliphatic rings. The van der Waals surface area contributed by atoms with Crippen molar-refractivity contribution in [3.05, 3.63) is 0 Å². The molecule has 0 aliphatic heterocycles. The Morgan fingerprint density at radius 3 is 2.50 bits per heavy atom. The molecule has 1 N–H and O–H groups in total. The van der Waals surface area contributed by atoms with Gasteiger partial charge in [0.1, 0.15) is 0 Å². The second-order valence-electron chi connectivity index (χ2n) is 6.12. The monoisotopic (exact) mass is 196 g/mol. The molecule has 3 atom stereocenters. The average molecular weight is 196 g/mol. The van der Waals surface area contributed by atoms with Gasteiger partial charge in [0.2, 0.25) is 0 Å². The van der Waals surface area contributed by atoms with E-state index in [0.717, 1.165) is 12.8 Å². The number of rotatable bonds is 1. The van der Waals surface area contributed by atoms with Crippen LogP contribution in [0.2, 0.25) is 0 Å². The summed E-state index contributed by atoms with van der Waals surface area (Å²) >= 11 is 0. The van der Waals surface area contributed by atoms with Crippen molar-refractivity contribution in [2.24, 2.45) is 22.7 Å². The highest BCUT2D eigenvalue weighted by Gasteiger charge is 2.60. The molecule has 0 radical (unpaired) electrons. The lowest BCUT2D eigenvalue weighted by Gasteiger charge is -2.54. The molecule has 3 rings (SSSR count). The van der Waals surface area contributed by atoms with Crippen LogP contribution in [0.4, 0.5) is 0 Å². The highest BCUT2D eigenvalue weighted by molar-refractivity contribution is 5.73. The van der Waals surface area contributed by atoms with Gasteiger partial charge in [0.25, 0.3) is 0 Å². The Kier molecular flexibility index (Phi) is 1.96. The topological polar surface area (TPSA) is 37.3 Å². The molecular formula is C12H20O2. The standard InChI is InChI=1S/C12H20O2/c1-11(2)5-4-6-12(3)7-8(11)9(12)10(13)14/h8-9H,4-7H2,1-3H3,(H,13,14)/t8-,9-,12+/m0/s1. The van der Waals surface area contributed by atoms with Crippen molar-refractivity contribution in [1.29, 1.82) is 0 Å². The van der Waals surface area contributed by atoms with E-state index in [1.54, 1.807) is 0 Å². The Morgan fingerprint density at radius 2 is 1.93 bits per heavy atom. The number of hydrogen-bond donors (Lipinski definition) is 1. The van der Waals surface area contributed by atoms with E-state index in [4.69, 9.17) is 0 Å². The minimum absolute atomic E-state index is 0.0833. The van der Waals surface area contributed by atoms with Crippen LogP contribution < -0.4 is 0 Å². The first kappa shape index (κ1) is 10.0. The van der Waals surface area contributed by atoms with Crippen molar-refractivity contribution < 1.29 is 9.90 Å². The van der Waals surface area contributed by atoms with Gasteiger partial charge in [0.05, 0.1) is 5.92 Å². The zero-order valence-corrected chi connectivity index (χ0v) is 9.34. The first-order valence-corrected chi connectivity index (χ1v) is 5.60. The SMILES string of the molecule is CC1(C)CCC[C@]2(C)C[C@H]1[C@H]2C(=O)O. The Bertz CT molecular complexity index is 269. The van der Waals surface area contributed by atoms with E-state index in [9.17, 15) is 9.90 Å². The van der Waals surface area contributed by atoms with Gasteiger partial charge in [-0.3, -0.25) is 4.79 Å². The molecule has 0 aromatic rings. The predicted octanol–water partition coefficient (Wildman–Crippen LogP) is 2.92. The molecule has 0 unspecified atom stereocenters. The van der Waals surface area contributed by atoms with Gasteiger partial charge < -0.3 is 5.11 Å². The summed E-state index contributed by atoms with van der Waals surface area (Å²) < 4.78 is 0. The molecule has 0 heterocycles. The summed E-state index contributed by atoms with van der Waals surface area (Å²) in [4.78, 5) is 11.2. The number of carboxylic acids is 1. The van der Waals surface area contributed by atoms with Gasteiger partial charge in [-0.05, 0) is 36.0 Å². The Morgan fingerprint density at radius 1 is 1.29 bits per heavy atom. The smallest absolute Gasteiger partial charge is 0.307 e. The summed E-state index contributed by atoms with van der Waals surface area (Å²) in [6.45, 7) is 6.63. The Labute approximate surface area is 85.7 Å². The molecule has 80 valence electrons. The maximum atomic E-state index is 11.2. The molecule has 2 nitrogen and oxygen atoms in total. The van der Waals surface area contributed by atoms with E-state index in [1.165, 1.54) is 12.8 Å². The van der Waals surface area contributed by atoms with Crippen LogP contribution in [0.15, 0.2) is 0 Å². The van der Waals surface area contributed by atoms with Crippen LogP contribution in [0.3, 0.4) is 0 Å². The fraction of sp³-hybridized carbons (Fsp3) is 0.917. The van der Waals surface area contributed by atoms with Crippen molar-refractivity contribution in [3.63, 3.8) is 0 Å². The van der Waals surface area contributed by atoms with Gasteiger partial charge in [0.15, 0.2) is 0 Å². The average Bonchev–Trinajstić information content (AvgIpc) is 2.13. The van der Waals surface area contributed by atoms with E-state index >= 15 is 0 Å². The van der Waals surface area contributed by atoms with Gasteiger partial charge in [-0.25, -0.2) is 0 Å². The summed E-state index contributed by atoms with van der Waals surface area (Å²) in [6, 6.07) is 0. The molecule has 0 aromatic carbocycles. The molecule has 0 amide bonds. The van der Waals surface area contributed by atoms with Crippen molar-refractivity contribution in [3.8, 4) is 0 Å². The number of aliphatic carboxylic acids is 1. The van der Waals surface area contributed by atoms with E-state index in [-0.39, 0.29) is 16.7 Å². The summed E-state index contributed by atoms with van der Waals surface area (Å²) in [6.07, 6.45) is 4.61. The van der Waals surface area contributed by atoms with Crippen LogP contribution in [0.1, 0.15) is 46.5 Å². The number of carboxylic acid groups (broad SMARTS) is 1. The third kappa shape index (κ3) is 1.19. The maximum absolute atomic E-state index is 11.2. The lowest BCUT2D eigenvalue weighted by Crippen LogP contribution is -2.53. The summed E-state index contributed by atoms with van der Waals surface area (Å²) in [5, 5.41) is 9.26. The highest BCUT2D eigenvalue weighted by atomic mass is 16.4. The lowest BCUT2D eigenvalue weighted by molar-refractivity contribution is -0.167. The van der Waals surface area contributed by atoms with Gasteiger partial charge in [-0.1, -0.05) is 27.2 Å². The first-order valence-electron chi connectivity index (χ1n) is 5.60. The summed E-state index contributed by atoms with van der Waals surface area (Å²) in [7, 11) is 0. The predicted molar refractivity (Wildman–Crippen MR) is 55.0 cm³/mol. The number of carbonyl (C=O) groups is 1. The van der Waals surface area contributed by atoms with Gasteiger partial charge in [0, 0.05) is 0 Å². The zero-order valence-electron chi connectivity index (χ0n) is 9.34. The minimum Gasteiger partial charge on any atom is -0.481 e. The van der Waals surface area contributed by atoms with E-state index < -0.39 is 5.97 Å². The fourth-order valence-corrected chi connectivity index (χ4v) is 3.66. The lowest BCUT2D eigenvalue weighted by atomic mass is 9.49. The van der Waals surface area contributed by atoms with Crippen LogP contribution in [0.25, 0.3) is 0 Å². The highest BCUT2D eigenvalue weighted by Crippen LogP contribution is 2.63. The molecule has 3 saturated carbocycles. The van der Waals surface area contributed by atoms with Crippen LogP contribution in [0, 0.1) is 22.7 Å². The van der Waals surface area contributed by atoms with Crippen LogP contribution in [-0.2, 0) is 4.79 Å². The minimum atomic E-state index is -0.571. The third-order valence-electron chi connectivity index (χ3n) is 4.68. The van der Waals surface area contributed by atoms with Crippen molar-refractivity contribution in [2.45, 2.75) is 46.5 Å². The van der Waals surface area contributed by atoms with Crippen LogP contribution in [-0.4, -0.2) is 11.1 Å².